The molecule has 1 aliphatic carbocycles. The Hall–Kier alpha value is -0.0800. The van der Waals surface area contributed by atoms with Gasteiger partial charge in [-0.05, 0) is 65.1 Å². The third-order valence-corrected chi connectivity index (χ3v) is 5.75. The van der Waals surface area contributed by atoms with Crippen molar-refractivity contribution in [2.24, 2.45) is 11.8 Å². The van der Waals surface area contributed by atoms with Crippen molar-refractivity contribution < 1.29 is 0 Å². The summed E-state index contributed by atoms with van der Waals surface area (Å²) >= 11 is 0. The van der Waals surface area contributed by atoms with Crippen molar-refractivity contribution in [1.29, 1.82) is 0 Å². The van der Waals surface area contributed by atoms with E-state index in [1.165, 1.54) is 44.9 Å². The lowest BCUT2D eigenvalue weighted by Crippen LogP contribution is -2.60. The Bertz CT molecular complexity index is 238. The maximum absolute atomic E-state index is 3.67. The summed E-state index contributed by atoms with van der Waals surface area (Å²) in [5.41, 5.74) is 0.379. The van der Waals surface area contributed by atoms with Crippen molar-refractivity contribution in [1.82, 2.24) is 10.2 Å². The summed E-state index contributed by atoms with van der Waals surface area (Å²) in [5.74, 6) is 1.78. The van der Waals surface area contributed by atoms with E-state index in [1.807, 2.05) is 0 Å². The molecule has 1 saturated carbocycles. The third kappa shape index (κ3) is 3.95. The summed E-state index contributed by atoms with van der Waals surface area (Å²) in [6, 6.07) is 0.639. The molecule has 19 heavy (non-hydrogen) atoms. The van der Waals surface area contributed by atoms with Gasteiger partial charge in [0.05, 0.1) is 0 Å². The van der Waals surface area contributed by atoms with E-state index in [1.54, 1.807) is 0 Å². The summed E-state index contributed by atoms with van der Waals surface area (Å²) in [7, 11) is 6.73. The minimum absolute atomic E-state index is 0.379. The highest BCUT2D eigenvalue weighted by atomic mass is 15.2. The average molecular weight is 268 g/mol. The average Bonchev–Trinajstić information content (AvgIpc) is 2.41. The van der Waals surface area contributed by atoms with Gasteiger partial charge < -0.3 is 10.2 Å². The van der Waals surface area contributed by atoms with Crippen LogP contribution < -0.4 is 5.32 Å². The second-order valence-electron chi connectivity index (χ2n) is 6.94. The summed E-state index contributed by atoms with van der Waals surface area (Å²) in [6.45, 7) is 7.09. The van der Waals surface area contributed by atoms with Crippen molar-refractivity contribution in [3.05, 3.63) is 0 Å². The number of nitrogens with zero attached hydrogens (tertiary/aromatic N) is 1. The van der Waals surface area contributed by atoms with Gasteiger partial charge in [0.2, 0.25) is 0 Å². The van der Waals surface area contributed by atoms with Gasteiger partial charge in [-0.3, -0.25) is 0 Å². The Kier molecular flexibility index (Phi) is 6.82. The molecule has 114 valence electrons. The van der Waals surface area contributed by atoms with Gasteiger partial charge in [-0.2, -0.15) is 0 Å². The Morgan fingerprint density at radius 2 is 1.68 bits per heavy atom. The second kappa shape index (κ2) is 7.64. The molecular weight excluding hydrogens is 232 g/mol. The number of rotatable bonds is 7. The van der Waals surface area contributed by atoms with E-state index in [2.05, 4.69) is 52.1 Å². The van der Waals surface area contributed by atoms with E-state index in [0.717, 1.165) is 11.8 Å². The lowest BCUT2D eigenvalue weighted by atomic mass is 9.70. The molecule has 2 nitrogen and oxygen atoms in total. The highest BCUT2D eigenvalue weighted by molar-refractivity contribution is 5.01. The van der Waals surface area contributed by atoms with Crippen LogP contribution in [-0.2, 0) is 0 Å². The SMILES string of the molecule is CCC(CC)CC(NC)C1(N(C)C)CCC(C)CC1. The van der Waals surface area contributed by atoms with Crippen LogP contribution in [0.25, 0.3) is 0 Å². The van der Waals surface area contributed by atoms with Gasteiger partial charge in [0.25, 0.3) is 0 Å². The molecule has 0 aromatic rings. The molecule has 1 rings (SSSR count). The fourth-order valence-electron chi connectivity index (χ4n) is 3.93. The maximum Gasteiger partial charge on any atom is 0.0356 e. The van der Waals surface area contributed by atoms with Gasteiger partial charge in [-0.25, -0.2) is 0 Å². The largest absolute Gasteiger partial charge is 0.315 e. The molecule has 0 amide bonds. The predicted molar refractivity (Wildman–Crippen MR) is 85.6 cm³/mol. The van der Waals surface area contributed by atoms with Crippen LogP contribution in [0.3, 0.4) is 0 Å². The monoisotopic (exact) mass is 268 g/mol. The molecule has 1 aliphatic rings. The van der Waals surface area contributed by atoms with E-state index in [-0.39, 0.29) is 0 Å². The number of nitrogens with one attached hydrogen (secondary N) is 1. The molecule has 0 bridgehead atoms. The lowest BCUT2D eigenvalue weighted by Gasteiger charge is -2.50. The van der Waals surface area contributed by atoms with Gasteiger partial charge >= 0.3 is 0 Å². The molecule has 0 saturated heterocycles. The van der Waals surface area contributed by atoms with Crippen LogP contribution >= 0.6 is 0 Å². The second-order valence-corrected chi connectivity index (χ2v) is 6.94. The predicted octanol–water partition coefficient (Wildman–Crippen LogP) is 3.91. The summed E-state index contributed by atoms with van der Waals surface area (Å²) < 4.78 is 0. The molecule has 2 heteroatoms. The molecule has 0 aromatic heterocycles. The minimum Gasteiger partial charge on any atom is -0.315 e. The summed E-state index contributed by atoms with van der Waals surface area (Å²) in [4.78, 5) is 2.52. The molecule has 0 aliphatic heterocycles. The molecule has 0 spiro atoms. The van der Waals surface area contributed by atoms with E-state index >= 15 is 0 Å². The zero-order valence-corrected chi connectivity index (χ0v) is 14.1. The molecule has 1 fully saturated rings. The third-order valence-electron chi connectivity index (χ3n) is 5.75. The van der Waals surface area contributed by atoms with E-state index in [9.17, 15) is 0 Å². The maximum atomic E-state index is 3.67. The van der Waals surface area contributed by atoms with Crippen LogP contribution in [-0.4, -0.2) is 37.6 Å². The molecule has 0 radical (unpaired) electrons. The molecule has 1 unspecified atom stereocenters. The van der Waals surface area contributed by atoms with Gasteiger partial charge in [0.15, 0.2) is 0 Å². The number of likely N-dealkylation sites (N-methyl/N-ethyl adjacent to an activating group) is 2. The van der Waals surface area contributed by atoms with Crippen LogP contribution in [0.1, 0.15) is 65.7 Å². The molecular formula is C17H36N2. The fraction of sp³-hybridized carbons (Fsp3) is 1.00. The Balaban J connectivity index is 2.82. The highest BCUT2D eigenvalue weighted by Gasteiger charge is 2.42. The molecule has 0 heterocycles. The van der Waals surface area contributed by atoms with E-state index in [0.29, 0.717) is 11.6 Å². The van der Waals surface area contributed by atoms with Gasteiger partial charge in [0.1, 0.15) is 0 Å². The molecule has 0 aromatic carbocycles. The first-order valence-electron chi connectivity index (χ1n) is 8.34. The van der Waals surface area contributed by atoms with Crippen LogP contribution in [0.2, 0.25) is 0 Å². The van der Waals surface area contributed by atoms with Crippen molar-refractivity contribution in [2.75, 3.05) is 21.1 Å². The van der Waals surface area contributed by atoms with Crippen molar-refractivity contribution >= 4 is 0 Å². The first-order chi connectivity index (χ1) is 9.00. The zero-order valence-electron chi connectivity index (χ0n) is 14.1. The zero-order chi connectivity index (χ0) is 14.5. The Morgan fingerprint density at radius 3 is 2.05 bits per heavy atom. The first-order valence-corrected chi connectivity index (χ1v) is 8.34. The van der Waals surface area contributed by atoms with Crippen LogP contribution in [0.15, 0.2) is 0 Å². The normalized spacial score (nSPS) is 30.0. The Morgan fingerprint density at radius 1 is 1.16 bits per heavy atom. The minimum atomic E-state index is 0.379. The van der Waals surface area contributed by atoms with Crippen molar-refractivity contribution in [2.45, 2.75) is 77.3 Å². The van der Waals surface area contributed by atoms with Crippen LogP contribution in [0.5, 0.6) is 0 Å². The Labute approximate surface area is 121 Å². The standard InChI is InChI=1S/C17H36N2/c1-7-15(8-2)13-16(18-4)17(19(5)6)11-9-14(3)10-12-17/h14-16,18H,7-13H2,1-6H3. The van der Waals surface area contributed by atoms with Gasteiger partial charge in [0, 0.05) is 11.6 Å². The van der Waals surface area contributed by atoms with Gasteiger partial charge in [-0.1, -0.05) is 33.6 Å². The smallest absolute Gasteiger partial charge is 0.0356 e. The quantitative estimate of drug-likeness (QED) is 0.753. The van der Waals surface area contributed by atoms with Crippen LogP contribution in [0, 0.1) is 11.8 Å². The molecule has 1 N–H and O–H groups in total. The number of hydrogen-bond acceptors (Lipinski definition) is 2. The van der Waals surface area contributed by atoms with Crippen molar-refractivity contribution in [3.63, 3.8) is 0 Å². The fourth-order valence-corrected chi connectivity index (χ4v) is 3.93. The first kappa shape index (κ1) is 17.0. The summed E-state index contributed by atoms with van der Waals surface area (Å²) in [6.07, 6.45) is 9.44. The topological polar surface area (TPSA) is 15.3 Å². The van der Waals surface area contributed by atoms with Gasteiger partial charge in [-0.15, -0.1) is 0 Å². The van der Waals surface area contributed by atoms with Crippen molar-refractivity contribution in [3.8, 4) is 0 Å². The van der Waals surface area contributed by atoms with Crippen LogP contribution in [0.4, 0.5) is 0 Å². The number of hydrogen-bond donors (Lipinski definition) is 1. The lowest BCUT2D eigenvalue weighted by molar-refractivity contribution is 0.0366. The van der Waals surface area contributed by atoms with E-state index < -0.39 is 0 Å². The molecule has 1 atom stereocenters. The van der Waals surface area contributed by atoms with E-state index in [4.69, 9.17) is 0 Å². The highest BCUT2D eigenvalue weighted by Crippen LogP contribution is 2.39. The summed E-state index contributed by atoms with van der Waals surface area (Å²) in [5, 5.41) is 3.67.